The maximum absolute atomic E-state index is 9.64. The van der Waals surface area contributed by atoms with Gasteiger partial charge in [0.2, 0.25) is 0 Å². The van der Waals surface area contributed by atoms with E-state index in [9.17, 15) is 5.11 Å². The summed E-state index contributed by atoms with van der Waals surface area (Å²) in [6.07, 6.45) is 9.35. The van der Waals surface area contributed by atoms with E-state index < -0.39 is 6.10 Å². The van der Waals surface area contributed by atoms with E-state index in [1.54, 1.807) is 5.57 Å². The third-order valence-electron chi connectivity index (χ3n) is 7.23. The first kappa shape index (κ1) is 25.6. The fourth-order valence-corrected chi connectivity index (χ4v) is 5.40. The number of likely N-dealkylation sites (tertiary alicyclic amines) is 1. The van der Waals surface area contributed by atoms with Crippen LogP contribution in [0.5, 0.6) is 0 Å². The van der Waals surface area contributed by atoms with Crippen molar-refractivity contribution in [2.75, 3.05) is 26.2 Å². The molecular formula is C24H38Cl2N2O2. The number of halogens is 2. The van der Waals surface area contributed by atoms with E-state index in [2.05, 4.69) is 53.5 Å². The largest absolute Gasteiger partial charge is 0.394 e. The Hall–Kier alpha value is -0.620. The molecular weight excluding hydrogens is 419 g/mol. The van der Waals surface area contributed by atoms with Gasteiger partial charge in [-0.1, -0.05) is 48.9 Å². The Labute approximate surface area is 193 Å². The number of nitrogens with zero attached hydrogens (tertiary/aromatic N) is 1. The van der Waals surface area contributed by atoms with Gasteiger partial charge < -0.3 is 20.4 Å². The molecule has 2 saturated carbocycles. The molecule has 170 valence electrons. The predicted octanol–water partition coefficient (Wildman–Crippen LogP) is 3.90. The van der Waals surface area contributed by atoms with Crippen molar-refractivity contribution in [2.45, 2.75) is 63.6 Å². The average Bonchev–Trinajstić information content (AvgIpc) is 3.46. The summed E-state index contributed by atoms with van der Waals surface area (Å²) in [4.78, 5) is 2.31. The maximum atomic E-state index is 9.64. The molecule has 1 saturated heterocycles. The van der Waals surface area contributed by atoms with Gasteiger partial charge in [0.1, 0.15) is 0 Å². The molecule has 4 nitrogen and oxygen atoms in total. The smallest absolute Gasteiger partial charge is 0.0897 e. The van der Waals surface area contributed by atoms with Crippen LogP contribution in [0.3, 0.4) is 0 Å². The number of aliphatic hydroxyl groups is 2. The number of benzene rings is 1. The zero-order chi connectivity index (χ0) is 19.6. The minimum absolute atomic E-state index is 0. The number of piperidine rings is 1. The van der Waals surface area contributed by atoms with Gasteiger partial charge in [-0.25, -0.2) is 0 Å². The van der Waals surface area contributed by atoms with Crippen molar-refractivity contribution in [3.8, 4) is 0 Å². The van der Waals surface area contributed by atoms with E-state index >= 15 is 0 Å². The molecule has 1 heterocycles. The summed E-state index contributed by atoms with van der Waals surface area (Å²) in [5.74, 6) is 0.726. The molecule has 3 fully saturated rings. The Kier molecular flexibility index (Phi) is 9.66. The normalized spacial score (nSPS) is 27.0. The second-order valence-electron chi connectivity index (χ2n) is 9.34. The molecule has 0 radical (unpaired) electrons. The van der Waals surface area contributed by atoms with Crippen LogP contribution in [0.25, 0.3) is 6.08 Å². The first-order chi connectivity index (χ1) is 13.6. The fraction of sp³-hybridized carbons (Fsp3) is 0.667. The number of hydrogen-bond acceptors (Lipinski definition) is 4. The molecule has 0 bridgehead atoms. The number of rotatable bonds is 8. The average molecular weight is 457 g/mol. The summed E-state index contributed by atoms with van der Waals surface area (Å²) >= 11 is 0. The molecule has 1 aliphatic heterocycles. The standard InChI is InChI=1S/C24H36N2O2.2ClH/c1-2-19(12-18-6-4-3-5-7-18)22-13-23(22)25-20-14-24(15-20)8-10-26(11-9-24)16-21(28)17-27;;/h3-7,12,20-23,25,27-28H,2,8-11,13-17H2,1H3;2*1H/b19-12+;;/t21-,22-,23+;;/m1../s1. The number of β-amino-alcohol motifs (C(OH)–C–C–N with tert-alkyl or cyclic N) is 1. The maximum Gasteiger partial charge on any atom is 0.0897 e. The first-order valence-electron chi connectivity index (χ1n) is 11.1. The van der Waals surface area contributed by atoms with Crippen molar-refractivity contribution in [2.24, 2.45) is 11.3 Å². The van der Waals surface area contributed by atoms with Crippen LogP contribution in [0.2, 0.25) is 0 Å². The van der Waals surface area contributed by atoms with Crippen LogP contribution >= 0.6 is 24.8 Å². The minimum atomic E-state index is -0.589. The van der Waals surface area contributed by atoms with Gasteiger partial charge in [-0.2, -0.15) is 0 Å². The molecule has 3 aliphatic rings. The van der Waals surface area contributed by atoms with E-state index in [4.69, 9.17) is 5.11 Å². The van der Waals surface area contributed by atoms with Crippen molar-refractivity contribution < 1.29 is 10.2 Å². The summed E-state index contributed by atoms with van der Waals surface area (Å²) in [6, 6.07) is 12.1. The summed E-state index contributed by atoms with van der Waals surface area (Å²) < 4.78 is 0. The first-order valence-corrected chi connectivity index (χ1v) is 11.1. The van der Waals surface area contributed by atoms with E-state index in [0.717, 1.165) is 25.4 Å². The molecule has 2 aliphatic carbocycles. The van der Waals surface area contributed by atoms with Crippen LogP contribution in [0.4, 0.5) is 0 Å². The van der Waals surface area contributed by atoms with Crippen LogP contribution in [0.15, 0.2) is 35.9 Å². The number of aliphatic hydroxyl groups excluding tert-OH is 2. The number of hydrogen-bond donors (Lipinski definition) is 3. The predicted molar refractivity (Wildman–Crippen MR) is 128 cm³/mol. The van der Waals surface area contributed by atoms with Gasteiger partial charge in [0.15, 0.2) is 0 Å². The summed E-state index contributed by atoms with van der Waals surface area (Å²) in [6.45, 7) is 4.90. The monoisotopic (exact) mass is 456 g/mol. The third-order valence-corrected chi connectivity index (χ3v) is 7.23. The highest BCUT2D eigenvalue weighted by molar-refractivity contribution is 5.85. The van der Waals surface area contributed by atoms with Crippen molar-refractivity contribution in [1.29, 1.82) is 0 Å². The fourth-order valence-electron chi connectivity index (χ4n) is 5.40. The molecule has 1 aromatic rings. The highest BCUT2D eigenvalue weighted by Gasteiger charge is 2.49. The molecule has 6 heteroatoms. The van der Waals surface area contributed by atoms with Crippen LogP contribution in [0.1, 0.15) is 51.0 Å². The lowest BCUT2D eigenvalue weighted by Crippen LogP contribution is -2.55. The second-order valence-corrected chi connectivity index (χ2v) is 9.34. The summed E-state index contributed by atoms with van der Waals surface area (Å²) in [5, 5.41) is 22.6. The van der Waals surface area contributed by atoms with Crippen LogP contribution in [-0.4, -0.2) is 59.5 Å². The van der Waals surface area contributed by atoms with E-state index in [0.29, 0.717) is 24.0 Å². The van der Waals surface area contributed by atoms with Crippen LogP contribution in [0, 0.1) is 11.3 Å². The van der Waals surface area contributed by atoms with E-state index in [-0.39, 0.29) is 31.4 Å². The molecule has 30 heavy (non-hydrogen) atoms. The highest BCUT2D eigenvalue weighted by Crippen LogP contribution is 2.51. The Morgan fingerprint density at radius 3 is 2.47 bits per heavy atom. The SMILES string of the molecule is CC/C(=C\c1ccccc1)[C@H]1C[C@@H]1NC1CC2(CCN(C[C@@H](O)CO)CC2)C1.Cl.Cl. The van der Waals surface area contributed by atoms with Gasteiger partial charge in [0.05, 0.1) is 12.7 Å². The van der Waals surface area contributed by atoms with Gasteiger partial charge >= 0.3 is 0 Å². The Morgan fingerprint density at radius 2 is 1.87 bits per heavy atom. The van der Waals surface area contributed by atoms with Crippen molar-refractivity contribution in [3.05, 3.63) is 41.5 Å². The van der Waals surface area contributed by atoms with E-state index in [1.165, 1.54) is 37.7 Å². The number of nitrogens with one attached hydrogen (secondary N) is 1. The Bertz CT molecular complexity index is 669. The van der Waals surface area contributed by atoms with Crippen molar-refractivity contribution in [3.63, 3.8) is 0 Å². The van der Waals surface area contributed by atoms with Crippen LogP contribution < -0.4 is 5.32 Å². The molecule has 1 aromatic carbocycles. The molecule has 3 N–H and O–H groups in total. The van der Waals surface area contributed by atoms with Gasteiger partial charge in [-0.15, -0.1) is 24.8 Å². The zero-order valence-corrected chi connectivity index (χ0v) is 19.6. The topological polar surface area (TPSA) is 55.7 Å². The second kappa shape index (κ2) is 11.3. The summed E-state index contributed by atoms with van der Waals surface area (Å²) in [7, 11) is 0. The van der Waals surface area contributed by atoms with Gasteiger partial charge in [-0.05, 0) is 68.5 Å². The van der Waals surface area contributed by atoms with Gasteiger partial charge in [0.25, 0.3) is 0 Å². The van der Waals surface area contributed by atoms with Crippen molar-refractivity contribution in [1.82, 2.24) is 10.2 Å². The Balaban J connectivity index is 0.00000160. The van der Waals surface area contributed by atoms with Gasteiger partial charge in [-0.3, -0.25) is 0 Å². The van der Waals surface area contributed by atoms with Gasteiger partial charge in [0, 0.05) is 18.6 Å². The molecule has 0 amide bonds. The molecule has 4 rings (SSSR count). The molecule has 0 aromatic heterocycles. The third kappa shape index (κ3) is 6.21. The van der Waals surface area contributed by atoms with Crippen molar-refractivity contribution >= 4 is 30.9 Å². The quantitative estimate of drug-likeness (QED) is 0.554. The minimum Gasteiger partial charge on any atom is -0.394 e. The lowest BCUT2D eigenvalue weighted by molar-refractivity contribution is -0.0145. The molecule has 0 unspecified atom stereocenters. The summed E-state index contributed by atoms with van der Waals surface area (Å²) in [5.41, 5.74) is 3.45. The molecule has 1 spiro atoms. The van der Waals surface area contributed by atoms with Crippen LogP contribution in [-0.2, 0) is 0 Å². The Morgan fingerprint density at radius 1 is 1.20 bits per heavy atom. The zero-order valence-electron chi connectivity index (χ0n) is 18.0. The lowest BCUT2D eigenvalue weighted by atomic mass is 9.60. The highest BCUT2D eigenvalue weighted by atomic mass is 35.5. The molecule has 3 atom stereocenters. The lowest BCUT2D eigenvalue weighted by Gasteiger charge is -2.53. The van der Waals surface area contributed by atoms with E-state index in [1.807, 2.05) is 0 Å².